The minimum Gasteiger partial charge on any atom is -0.475 e. The number of pyridine rings is 1. The molecule has 0 aromatic carbocycles. The van der Waals surface area contributed by atoms with Crippen LogP contribution < -0.4 is 10.6 Å². The number of carboxylic acid groups (broad SMARTS) is 1. The molecular formula is C23H35F3N6O4. The maximum absolute atomic E-state index is 12.0. The lowest BCUT2D eigenvalue weighted by Gasteiger charge is -2.43. The van der Waals surface area contributed by atoms with Gasteiger partial charge in [0.15, 0.2) is 0 Å². The molecule has 0 aliphatic carbocycles. The number of nitrogens with zero attached hydrogens (tertiary/aromatic N) is 4. The second kappa shape index (κ2) is 12.3. The van der Waals surface area contributed by atoms with Gasteiger partial charge in [-0.2, -0.15) is 13.2 Å². The van der Waals surface area contributed by atoms with Gasteiger partial charge >= 0.3 is 18.1 Å². The summed E-state index contributed by atoms with van der Waals surface area (Å²) in [5.41, 5.74) is 6.66. The van der Waals surface area contributed by atoms with Gasteiger partial charge < -0.3 is 20.5 Å². The molecule has 0 saturated carbocycles. The van der Waals surface area contributed by atoms with Crippen molar-refractivity contribution >= 4 is 23.5 Å². The lowest BCUT2D eigenvalue weighted by atomic mass is 10.0. The van der Waals surface area contributed by atoms with Gasteiger partial charge in [0.1, 0.15) is 17.1 Å². The van der Waals surface area contributed by atoms with E-state index in [1.807, 2.05) is 39.1 Å². The van der Waals surface area contributed by atoms with Crippen molar-refractivity contribution in [2.24, 2.45) is 5.73 Å². The van der Waals surface area contributed by atoms with Gasteiger partial charge in [-0.25, -0.2) is 4.79 Å². The normalized spacial score (nSPS) is 18.2. The van der Waals surface area contributed by atoms with E-state index < -0.39 is 17.7 Å². The number of piperazine rings is 1. The van der Waals surface area contributed by atoms with Crippen LogP contribution in [0.3, 0.4) is 0 Å². The van der Waals surface area contributed by atoms with Gasteiger partial charge in [0, 0.05) is 45.3 Å². The first-order valence-electron chi connectivity index (χ1n) is 11.7. The number of alkyl halides is 3. The highest BCUT2D eigenvalue weighted by Crippen LogP contribution is 2.21. The van der Waals surface area contributed by atoms with Crippen molar-refractivity contribution in [2.45, 2.75) is 51.4 Å². The smallest absolute Gasteiger partial charge is 0.475 e. The number of rotatable bonds is 5. The van der Waals surface area contributed by atoms with E-state index in [9.17, 15) is 18.0 Å². The SMILES string of the molecule is CC(C)(C)OC(=O)CN1CCC(N2CCN(c3ccc(C(=N)N)nc3)CC2)CC1.O=C(O)C(F)(F)F. The van der Waals surface area contributed by atoms with E-state index in [4.69, 9.17) is 25.8 Å². The molecule has 0 radical (unpaired) electrons. The Bertz CT molecular complexity index is 889. The monoisotopic (exact) mass is 516 g/mol. The Morgan fingerprint density at radius 2 is 1.67 bits per heavy atom. The van der Waals surface area contributed by atoms with Crippen molar-refractivity contribution in [2.75, 3.05) is 50.7 Å². The van der Waals surface area contributed by atoms with Crippen molar-refractivity contribution in [3.63, 3.8) is 0 Å². The third kappa shape index (κ3) is 9.61. The summed E-state index contributed by atoms with van der Waals surface area (Å²) in [6.07, 6.45) is -1.09. The number of carbonyl (C=O) groups excluding carboxylic acids is 1. The number of hydrogen-bond acceptors (Lipinski definition) is 8. The number of carbonyl (C=O) groups is 2. The molecule has 4 N–H and O–H groups in total. The Balaban J connectivity index is 0.000000572. The van der Waals surface area contributed by atoms with Gasteiger partial charge in [-0.05, 0) is 45.7 Å². The summed E-state index contributed by atoms with van der Waals surface area (Å²) in [6.45, 7) is 12.0. The number of piperidine rings is 1. The Kier molecular flexibility index (Phi) is 10.1. The van der Waals surface area contributed by atoms with Crippen LogP contribution in [0, 0.1) is 5.41 Å². The van der Waals surface area contributed by atoms with E-state index in [1.165, 1.54) is 0 Å². The molecule has 2 saturated heterocycles. The molecule has 202 valence electrons. The molecule has 1 aromatic heterocycles. The summed E-state index contributed by atoms with van der Waals surface area (Å²) in [7, 11) is 0. The molecule has 36 heavy (non-hydrogen) atoms. The van der Waals surface area contributed by atoms with Gasteiger partial charge in [-0.1, -0.05) is 0 Å². The van der Waals surface area contributed by atoms with Crippen LogP contribution in [-0.2, 0) is 14.3 Å². The molecule has 0 bridgehead atoms. The van der Waals surface area contributed by atoms with Gasteiger partial charge in [0.05, 0.1) is 18.4 Å². The number of aromatic nitrogens is 1. The van der Waals surface area contributed by atoms with Crippen LogP contribution in [0.5, 0.6) is 0 Å². The van der Waals surface area contributed by atoms with Gasteiger partial charge in [-0.15, -0.1) is 0 Å². The van der Waals surface area contributed by atoms with Gasteiger partial charge in [0.25, 0.3) is 0 Å². The minimum atomic E-state index is -5.08. The second-order valence-electron chi connectivity index (χ2n) is 9.74. The molecule has 2 aliphatic rings. The van der Waals surface area contributed by atoms with E-state index in [2.05, 4.69) is 19.7 Å². The molecule has 0 spiro atoms. The molecule has 10 nitrogen and oxygen atoms in total. The fourth-order valence-electron chi connectivity index (χ4n) is 4.08. The van der Waals surface area contributed by atoms with Crippen molar-refractivity contribution < 1.29 is 32.6 Å². The maximum atomic E-state index is 12.0. The highest BCUT2D eigenvalue weighted by Gasteiger charge is 2.38. The highest BCUT2D eigenvalue weighted by atomic mass is 19.4. The van der Waals surface area contributed by atoms with Crippen LogP contribution in [-0.4, -0.2) is 101 Å². The van der Waals surface area contributed by atoms with Crippen molar-refractivity contribution in [3.05, 3.63) is 24.0 Å². The Hall–Kier alpha value is -2.93. The van der Waals surface area contributed by atoms with E-state index in [1.54, 1.807) is 0 Å². The number of nitrogens with one attached hydrogen (secondary N) is 1. The van der Waals surface area contributed by atoms with Gasteiger partial charge in [-0.3, -0.25) is 25.0 Å². The van der Waals surface area contributed by atoms with E-state index >= 15 is 0 Å². The number of ether oxygens (including phenoxy) is 1. The maximum Gasteiger partial charge on any atom is 0.490 e. The number of nitrogens with two attached hydrogens (primary N) is 1. The number of esters is 1. The third-order valence-electron chi connectivity index (χ3n) is 5.79. The van der Waals surface area contributed by atoms with Crippen LogP contribution >= 0.6 is 0 Å². The summed E-state index contributed by atoms with van der Waals surface area (Å²) in [6, 6.07) is 4.39. The standard InChI is InChI=1S/C21H34N6O2.C2HF3O2/c1-21(2,3)29-19(28)15-25-8-6-16(7-9-25)26-10-12-27(13-11-26)17-4-5-18(20(22)23)24-14-17;3-2(4,5)1(6)7/h4-5,14,16H,6-13,15H2,1-3H3,(H3,22,23);(H,6,7). The largest absolute Gasteiger partial charge is 0.490 e. The molecular weight excluding hydrogens is 481 g/mol. The molecule has 1 aromatic rings. The first-order chi connectivity index (χ1) is 16.7. The highest BCUT2D eigenvalue weighted by molar-refractivity contribution is 5.93. The fourth-order valence-corrected chi connectivity index (χ4v) is 4.08. The summed E-state index contributed by atoms with van der Waals surface area (Å²) < 4.78 is 37.2. The molecule has 2 fully saturated rings. The number of halogens is 3. The van der Waals surface area contributed by atoms with E-state index in [0.717, 1.165) is 57.8 Å². The Morgan fingerprint density at radius 3 is 2.08 bits per heavy atom. The number of aliphatic carboxylic acids is 1. The summed E-state index contributed by atoms with van der Waals surface area (Å²) >= 11 is 0. The minimum absolute atomic E-state index is 0.000574. The summed E-state index contributed by atoms with van der Waals surface area (Å²) in [5.74, 6) is -2.89. The zero-order chi connectivity index (χ0) is 27.1. The van der Waals surface area contributed by atoms with Crippen LogP contribution in [0.2, 0.25) is 0 Å². The molecule has 0 amide bonds. The number of anilines is 1. The topological polar surface area (TPSA) is 136 Å². The average Bonchev–Trinajstić information content (AvgIpc) is 2.78. The fraction of sp³-hybridized carbons (Fsp3) is 0.652. The predicted molar refractivity (Wildman–Crippen MR) is 128 cm³/mol. The van der Waals surface area contributed by atoms with E-state index in [0.29, 0.717) is 18.3 Å². The first kappa shape index (κ1) is 29.3. The molecule has 13 heteroatoms. The number of nitrogen functional groups attached to an aromatic ring is 1. The zero-order valence-corrected chi connectivity index (χ0v) is 20.8. The molecule has 0 unspecified atom stereocenters. The van der Waals surface area contributed by atoms with Crippen molar-refractivity contribution in [3.8, 4) is 0 Å². The van der Waals surface area contributed by atoms with Crippen molar-refractivity contribution in [1.82, 2.24) is 14.8 Å². The van der Waals surface area contributed by atoms with Gasteiger partial charge in [0.2, 0.25) is 0 Å². The number of amidine groups is 1. The first-order valence-corrected chi connectivity index (χ1v) is 11.7. The molecule has 3 heterocycles. The van der Waals surface area contributed by atoms with Crippen LogP contribution in [0.4, 0.5) is 18.9 Å². The average molecular weight is 517 g/mol. The predicted octanol–water partition coefficient (Wildman–Crippen LogP) is 1.93. The lowest BCUT2D eigenvalue weighted by Crippen LogP contribution is -2.53. The number of carboxylic acids is 1. The number of hydrogen-bond donors (Lipinski definition) is 3. The summed E-state index contributed by atoms with van der Waals surface area (Å²) in [4.78, 5) is 32.3. The molecule has 3 rings (SSSR count). The Morgan fingerprint density at radius 1 is 1.11 bits per heavy atom. The molecule has 2 aliphatic heterocycles. The van der Waals surface area contributed by atoms with Crippen LogP contribution in [0.1, 0.15) is 39.3 Å². The van der Waals surface area contributed by atoms with Crippen LogP contribution in [0.15, 0.2) is 18.3 Å². The quantitative estimate of drug-likeness (QED) is 0.305. The van der Waals surface area contributed by atoms with Crippen molar-refractivity contribution in [1.29, 1.82) is 5.41 Å². The van der Waals surface area contributed by atoms with E-state index in [-0.39, 0.29) is 11.8 Å². The number of likely N-dealkylation sites (tertiary alicyclic amines) is 1. The van der Waals surface area contributed by atoms with Crippen LogP contribution in [0.25, 0.3) is 0 Å². The third-order valence-corrected chi connectivity index (χ3v) is 5.79. The lowest BCUT2D eigenvalue weighted by molar-refractivity contribution is -0.192. The summed E-state index contributed by atoms with van der Waals surface area (Å²) in [5, 5.41) is 14.6. The second-order valence-corrected chi connectivity index (χ2v) is 9.74. The molecule has 0 atom stereocenters. The zero-order valence-electron chi connectivity index (χ0n) is 20.8. The Labute approximate surface area is 208 Å².